The molecule has 1 unspecified atom stereocenters. The lowest BCUT2D eigenvalue weighted by Crippen LogP contribution is -1.99. The molecule has 0 spiro atoms. The topological polar surface area (TPSA) is 41.6 Å². The van der Waals surface area contributed by atoms with Crippen LogP contribution in [0.2, 0.25) is 0 Å². The van der Waals surface area contributed by atoms with Crippen molar-refractivity contribution in [1.82, 2.24) is 9.78 Å². The summed E-state index contributed by atoms with van der Waals surface area (Å²) in [4.78, 5) is 0. The maximum atomic E-state index is 8.47. The van der Waals surface area contributed by atoms with E-state index in [2.05, 4.69) is 5.10 Å². The molecule has 1 aromatic rings. The molecule has 0 bridgehead atoms. The van der Waals surface area contributed by atoms with Crippen molar-refractivity contribution in [2.75, 3.05) is 5.75 Å². The summed E-state index contributed by atoms with van der Waals surface area (Å²) in [5, 5.41) is 13.3. The Morgan fingerprint density at radius 2 is 2.54 bits per heavy atom. The Balaban J connectivity index is 2.55. The van der Waals surface area contributed by atoms with E-state index in [0.717, 1.165) is 10.7 Å². The van der Waals surface area contributed by atoms with Crippen LogP contribution in [0, 0.1) is 18.3 Å². The van der Waals surface area contributed by atoms with Crippen LogP contribution in [0.5, 0.6) is 0 Å². The van der Waals surface area contributed by atoms with Crippen LogP contribution >= 0.6 is 23.4 Å². The van der Waals surface area contributed by atoms with Gasteiger partial charge in [0, 0.05) is 12.8 Å². The van der Waals surface area contributed by atoms with Crippen LogP contribution in [0.25, 0.3) is 0 Å². The highest BCUT2D eigenvalue weighted by molar-refractivity contribution is 7.99. The Labute approximate surface area is 86.7 Å². The van der Waals surface area contributed by atoms with Gasteiger partial charge in [0.2, 0.25) is 0 Å². The van der Waals surface area contributed by atoms with Crippen LogP contribution in [0.4, 0.5) is 0 Å². The van der Waals surface area contributed by atoms with Gasteiger partial charge < -0.3 is 0 Å². The summed E-state index contributed by atoms with van der Waals surface area (Å²) in [6, 6.07) is 3.95. The molecule has 0 saturated heterocycles. The Morgan fingerprint density at radius 3 is 3.00 bits per heavy atom. The number of aromatic nitrogens is 2. The van der Waals surface area contributed by atoms with E-state index in [1.165, 1.54) is 0 Å². The number of alkyl halides is 1. The average Bonchev–Trinajstić information content (AvgIpc) is 2.41. The van der Waals surface area contributed by atoms with Crippen LogP contribution in [-0.2, 0) is 7.05 Å². The second-order valence-corrected chi connectivity index (χ2v) is 4.22. The van der Waals surface area contributed by atoms with Crippen molar-refractivity contribution in [3.63, 3.8) is 0 Å². The molecule has 13 heavy (non-hydrogen) atoms. The number of aryl methyl sites for hydroxylation is 2. The van der Waals surface area contributed by atoms with Crippen molar-refractivity contribution >= 4 is 23.4 Å². The SMILES string of the molecule is Cc1cc(SCC(Cl)C#N)n(C)n1. The number of halogens is 1. The van der Waals surface area contributed by atoms with Crippen LogP contribution in [0.3, 0.4) is 0 Å². The largest absolute Gasteiger partial charge is 0.262 e. The van der Waals surface area contributed by atoms with Gasteiger partial charge in [-0.05, 0) is 13.0 Å². The summed E-state index contributed by atoms with van der Waals surface area (Å²) >= 11 is 7.21. The van der Waals surface area contributed by atoms with Gasteiger partial charge in [0.1, 0.15) is 5.38 Å². The first-order valence-corrected chi connectivity index (χ1v) is 5.23. The van der Waals surface area contributed by atoms with Crippen molar-refractivity contribution in [3.8, 4) is 6.07 Å². The highest BCUT2D eigenvalue weighted by Gasteiger charge is 2.06. The molecular formula is C8H10ClN3S. The third-order valence-electron chi connectivity index (χ3n) is 1.48. The third kappa shape index (κ3) is 2.94. The van der Waals surface area contributed by atoms with Crippen molar-refractivity contribution in [3.05, 3.63) is 11.8 Å². The summed E-state index contributed by atoms with van der Waals surface area (Å²) in [5.74, 6) is 0.594. The van der Waals surface area contributed by atoms with Gasteiger partial charge in [0.15, 0.2) is 0 Å². The number of hydrogen-bond donors (Lipinski definition) is 0. The fourth-order valence-corrected chi connectivity index (χ4v) is 1.98. The van der Waals surface area contributed by atoms with Crippen LogP contribution < -0.4 is 0 Å². The van der Waals surface area contributed by atoms with Gasteiger partial charge >= 0.3 is 0 Å². The molecule has 0 aliphatic heterocycles. The Kier molecular flexibility index (Phi) is 3.64. The fourth-order valence-electron chi connectivity index (χ4n) is 0.918. The van der Waals surface area contributed by atoms with Gasteiger partial charge in [-0.3, -0.25) is 4.68 Å². The van der Waals surface area contributed by atoms with Crippen molar-refractivity contribution in [2.24, 2.45) is 7.05 Å². The number of nitrogens with zero attached hydrogens (tertiary/aromatic N) is 3. The summed E-state index contributed by atoms with van der Waals surface area (Å²) in [7, 11) is 1.88. The zero-order chi connectivity index (χ0) is 9.84. The van der Waals surface area contributed by atoms with E-state index in [1.54, 1.807) is 16.4 Å². The summed E-state index contributed by atoms with van der Waals surface area (Å²) in [6.45, 7) is 1.94. The van der Waals surface area contributed by atoms with Crippen LogP contribution in [0.1, 0.15) is 5.69 Å². The predicted molar refractivity (Wildman–Crippen MR) is 53.9 cm³/mol. The normalized spacial score (nSPS) is 12.5. The van der Waals surface area contributed by atoms with E-state index in [-0.39, 0.29) is 0 Å². The molecule has 1 rings (SSSR count). The highest BCUT2D eigenvalue weighted by atomic mass is 35.5. The molecule has 5 heteroatoms. The smallest absolute Gasteiger partial charge is 0.130 e. The van der Waals surface area contributed by atoms with E-state index < -0.39 is 5.38 Å². The Morgan fingerprint density at radius 1 is 1.85 bits per heavy atom. The minimum atomic E-state index is -0.430. The van der Waals surface area contributed by atoms with Gasteiger partial charge in [-0.1, -0.05) is 0 Å². The highest BCUT2D eigenvalue weighted by Crippen LogP contribution is 2.20. The van der Waals surface area contributed by atoms with Crippen molar-refractivity contribution in [1.29, 1.82) is 5.26 Å². The first kappa shape index (κ1) is 10.4. The molecule has 1 aromatic heterocycles. The van der Waals surface area contributed by atoms with E-state index >= 15 is 0 Å². The molecule has 0 aromatic carbocycles. The van der Waals surface area contributed by atoms with E-state index in [4.69, 9.17) is 16.9 Å². The van der Waals surface area contributed by atoms with Crippen LogP contribution in [-0.4, -0.2) is 20.9 Å². The maximum Gasteiger partial charge on any atom is 0.130 e. The molecule has 1 atom stereocenters. The number of thioether (sulfide) groups is 1. The van der Waals surface area contributed by atoms with Crippen LogP contribution in [0.15, 0.2) is 11.1 Å². The molecular weight excluding hydrogens is 206 g/mol. The summed E-state index contributed by atoms with van der Waals surface area (Å²) < 4.78 is 1.79. The minimum Gasteiger partial charge on any atom is -0.262 e. The molecule has 0 radical (unpaired) electrons. The summed E-state index contributed by atoms with van der Waals surface area (Å²) in [6.07, 6.45) is 0. The zero-order valence-electron chi connectivity index (χ0n) is 7.49. The zero-order valence-corrected chi connectivity index (χ0v) is 9.06. The van der Waals surface area contributed by atoms with Gasteiger partial charge in [-0.2, -0.15) is 10.4 Å². The Bertz CT molecular complexity index is 329. The molecule has 0 N–H and O–H groups in total. The summed E-state index contributed by atoms with van der Waals surface area (Å²) in [5.41, 5.74) is 0.980. The molecule has 3 nitrogen and oxygen atoms in total. The monoisotopic (exact) mass is 215 g/mol. The molecule has 0 amide bonds. The maximum absolute atomic E-state index is 8.47. The van der Waals surface area contributed by atoms with Crippen molar-refractivity contribution in [2.45, 2.75) is 17.3 Å². The Hall–Kier alpha value is -0.660. The van der Waals surface area contributed by atoms with Crippen molar-refractivity contribution < 1.29 is 0 Å². The van der Waals surface area contributed by atoms with E-state index in [9.17, 15) is 0 Å². The van der Waals surface area contributed by atoms with E-state index in [1.807, 2.05) is 26.1 Å². The number of nitriles is 1. The molecule has 0 saturated carbocycles. The quantitative estimate of drug-likeness (QED) is 0.572. The minimum absolute atomic E-state index is 0.430. The second kappa shape index (κ2) is 4.54. The van der Waals surface area contributed by atoms with Gasteiger partial charge in [-0.25, -0.2) is 0 Å². The molecule has 0 aliphatic rings. The molecule has 0 aliphatic carbocycles. The number of hydrogen-bond acceptors (Lipinski definition) is 3. The lowest BCUT2D eigenvalue weighted by molar-refractivity contribution is 0.692. The lowest BCUT2D eigenvalue weighted by Gasteiger charge is -2.00. The number of rotatable bonds is 3. The second-order valence-electron chi connectivity index (χ2n) is 2.66. The standard InChI is InChI=1S/C8H10ClN3S/c1-6-3-8(12(2)11-6)13-5-7(9)4-10/h3,7H,5H2,1-2H3. The van der Waals surface area contributed by atoms with Gasteiger partial charge in [-0.15, -0.1) is 23.4 Å². The van der Waals surface area contributed by atoms with E-state index in [0.29, 0.717) is 5.75 Å². The molecule has 0 fully saturated rings. The third-order valence-corrected chi connectivity index (χ3v) is 3.09. The first-order valence-electron chi connectivity index (χ1n) is 3.80. The molecule has 1 heterocycles. The average molecular weight is 216 g/mol. The lowest BCUT2D eigenvalue weighted by atomic mass is 10.5. The van der Waals surface area contributed by atoms with Gasteiger partial charge in [0.05, 0.1) is 16.8 Å². The predicted octanol–water partition coefficient (Wildman–Crippen LogP) is 1.95. The van der Waals surface area contributed by atoms with Gasteiger partial charge in [0.25, 0.3) is 0 Å². The first-order chi connectivity index (χ1) is 6.13. The fraction of sp³-hybridized carbons (Fsp3) is 0.500. The molecule has 70 valence electrons.